The smallest absolute Gasteiger partial charge is 0.188 e. The van der Waals surface area contributed by atoms with Gasteiger partial charge < -0.3 is 9.80 Å². The number of aryl methyl sites for hydroxylation is 2. The molecule has 142 valence electrons. The molecule has 0 aliphatic heterocycles. The van der Waals surface area contributed by atoms with Crippen LogP contribution in [0.25, 0.3) is 0 Å². The van der Waals surface area contributed by atoms with Gasteiger partial charge in [0.15, 0.2) is 5.78 Å². The normalized spacial score (nSPS) is 15.0. The number of para-hydroxylation sites is 1. The fourth-order valence-electron chi connectivity index (χ4n) is 3.41. The molecule has 2 aromatic rings. The molecule has 4 heteroatoms. The Morgan fingerprint density at radius 3 is 2.37 bits per heavy atom. The van der Waals surface area contributed by atoms with Gasteiger partial charge in [-0.2, -0.15) is 0 Å². The molecule has 0 radical (unpaired) electrons. The van der Waals surface area contributed by atoms with E-state index in [0.717, 1.165) is 47.5 Å². The van der Waals surface area contributed by atoms with Crippen molar-refractivity contribution in [2.24, 2.45) is 4.99 Å². The zero-order valence-corrected chi connectivity index (χ0v) is 17.0. The lowest BCUT2D eigenvalue weighted by molar-refractivity contribution is 0.0946. The van der Waals surface area contributed by atoms with Gasteiger partial charge >= 0.3 is 0 Å². The number of likely N-dealkylation sites (N-methyl/N-ethyl adjacent to an activating group) is 1. The van der Waals surface area contributed by atoms with Crippen molar-refractivity contribution in [3.05, 3.63) is 59.2 Å². The zero-order chi connectivity index (χ0) is 19.6. The number of hydrogen-bond acceptors (Lipinski definition) is 3. The second-order valence-corrected chi connectivity index (χ2v) is 7.53. The van der Waals surface area contributed by atoms with Gasteiger partial charge in [0.25, 0.3) is 0 Å². The summed E-state index contributed by atoms with van der Waals surface area (Å²) in [6, 6.07) is 14.2. The van der Waals surface area contributed by atoms with E-state index < -0.39 is 5.54 Å². The van der Waals surface area contributed by atoms with Crippen molar-refractivity contribution in [2.45, 2.75) is 39.2 Å². The Bertz CT molecular complexity index is 853. The van der Waals surface area contributed by atoms with E-state index in [1.54, 1.807) is 0 Å². The second kappa shape index (κ2) is 7.55. The number of benzene rings is 2. The standard InChI is InChI=1S/C23H29N3O/c1-6-25(4)16-24-21-15-17(2)20(14-18(21)3)22(27)23(12-13-23)26(5)19-10-8-7-9-11-19/h7-11,14-16H,6,12-13H2,1-5H3. The Balaban J connectivity index is 1.89. The van der Waals surface area contributed by atoms with E-state index in [-0.39, 0.29) is 5.78 Å². The van der Waals surface area contributed by atoms with Crippen LogP contribution in [0.3, 0.4) is 0 Å². The van der Waals surface area contributed by atoms with Crippen LogP contribution in [0, 0.1) is 13.8 Å². The Morgan fingerprint density at radius 2 is 1.78 bits per heavy atom. The molecule has 0 saturated heterocycles. The molecule has 0 heterocycles. The lowest BCUT2D eigenvalue weighted by Crippen LogP contribution is -2.41. The molecule has 0 spiro atoms. The summed E-state index contributed by atoms with van der Waals surface area (Å²) < 4.78 is 0. The first-order chi connectivity index (χ1) is 12.9. The molecule has 1 aliphatic carbocycles. The molecule has 1 saturated carbocycles. The number of carbonyl (C=O) groups is 1. The molecule has 0 amide bonds. The van der Waals surface area contributed by atoms with Crippen LogP contribution in [0.5, 0.6) is 0 Å². The molecule has 0 aromatic heterocycles. The quantitative estimate of drug-likeness (QED) is 0.404. The summed E-state index contributed by atoms with van der Waals surface area (Å²) in [6.07, 6.45) is 3.64. The van der Waals surface area contributed by atoms with Crippen molar-refractivity contribution in [1.29, 1.82) is 0 Å². The molecule has 0 N–H and O–H groups in total. The van der Waals surface area contributed by atoms with Crippen LogP contribution in [-0.4, -0.2) is 43.2 Å². The van der Waals surface area contributed by atoms with E-state index in [1.165, 1.54) is 0 Å². The Kier molecular flexibility index (Phi) is 5.36. The number of rotatable bonds is 7. The minimum atomic E-state index is -0.411. The largest absolute Gasteiger partial charge is 0.366 e. The van der Waals surface area contributed by atoms with Gasteiger partial charge in [0.2, 0.25) is 0 Å². The number of Topliss-reactive ketones (excluding diaryl/α,β-unsaturated/α-hetero) is 1. The van der Waals surface area contributed by atoms with Crippen LogP contribution in [0.2, 0.25) is 0 Å². The van der Waals surface area contributed by atoms with Gasteiger partial charge in [0.05, 0.1) is 12.0 Å². The molecular formula is C23H29N3O. The zero-order valence-electron chi connectivity index (χ0n) is 17.0. The average molecular weight is 364 g/mol. The lowest BCUT2D eigenvalue weighted by atomic mass is 9.94. The molecule has 0 bridgehead atoms. The van der Waals surface area contributed by atoms with E-state index in [2.05, 4.69) is 28.9 Å². The van der Waals surface area contributed by atoms with E-state index in [1.807, 2.05) is 69.5 Å². The van der Waals surface area contributed by atoms with Gasteiger partial charge in [-0.25, -0.2) is 4.99 Å². The van der Waals surface area contributed by atoms with E-state index in [4.69, 9.17) is 0 Å². The SMILES string of the molecule is CCN(C)C=Nc1cc(C)c(C(=O)C2(N(C)c3ccccc3)CC2)cc1C. The highest BCUT2D eigenvalue weighted by Crippen LogP contribution is 2.46. The van der Waals surface area contributed by atoms with Gasteiger partial charge in [-0.1, -0.05) is 18.2 Å². The highest BCUT2D eigenvalue weighted by molar-refractivity contribution is 6.08. The first kappa shape index (κ1) is 19.2. The molecule has 4 nitrogen and oxygen atoms in total. The highest BCUT2D eigenvalue weighted by atomic mass is 16.1. The topological polar surface area (TPSA) is 35.9 Å². The molecular weight excluding hydrogens is 334 g/mol. The Morgan fingerprint density at radius 1 is 1.11 bits per heavy atom. The van der Waals surface area contributed by atoms with E-state index in [0.29, 0.717) is 0 Å². The lowest BCUT2D eigenvalue weighted by Gasteiger charge is -2.29. The monoisotopic (exact) mass is 363 g/mol. The van der Waals surface area contributed by atoms with E-state index >= 15 is 0 Å². The van der Waals surface area contributed by atoms with Crippen molar-refractivity contribution in [3.8, 4) is 0 Å². The number of hydrogen-bond donors (Lipinski definition) is 0. The fraction of sp³-hybridized carbons (Fsp3) is 0.391. The van der Waals surface area contributed by atoms with Gasteiger partial charge in [0, 0.05) is 31.9 Å². The Hall–Kier alpha value is -2.62. The van der Waals surface area contributed by atoms with Crippen LogP contribution in [-0.2, 0) is 0 Å². The van der Waals surface area contributed by atoms with Gasteiger partial charge in [-0.15, -0.1) is 0 Å². The third-order valence-electron chi connectivity index (χ3n) is 5.61. The van der Waals surface area contributed by atoms with Crippen molar-refractivity contribution < 1.29 is 4.79 Å². The van der Waals surface area contributed by atoms with Crippen molar-refractivity contribution >= 4 is 23.5 Å². The summed E-state index contributed by atoms with van der Waals surface area (Å²) >= 11 is 0. The fourth-order valence-corrected chi connectivity index (χ4v) is 3.41. The van der Waals surface area contributed by atoms with Crippen molar-refractivity contribution in [3.63, 3.8) is 0 Å². The molecule has 2 aromatic carbocycles. The molecule has 3 rings (SSSR count). The predicted octanol–water partition coefficient (Wildman–Crippen LogP) is 4.77. The summed E-state index contributed by atoms with van der Waals surface area (Å²) in [5, 5.41) is 0. The maximum Gasteiger partial charge on any atom is 0.188 e. The number of anilines is 1. The van der Waals surface area contributed by atoms with Crippen LogP contribution in [0.4, 0.5) is 11.4 Å². The predicted molar refractivity (Wildman–Crippen MR) is 114 cm³/mol. The van der Waals surface area contributed by atoms with Crippen molar-refractivity contribution in [1.82, 2.24) is 4.90 Å². The van der Waals surface area contributed by atoms with Crippen LogP contribution in [0.1, 0.15) is 41.3 Å². The summed E-state index contributed by atoms with van der Waals surface area (Å²) in [6.45, 7) is 7.03. The van der Waals surface area contributed by atoms with E-state index in [9.17, 15) is 4.79 Å². The number of carbonyl (C=O) groups excluding carboxylic acids is 1. The highest BCUT2D eigenvalue weighted by Gasteiger charge is 2.53. The minimum absolute atomic E-state index is 0.218. The summed E-state index contributed by atoms with van der Waals surface area (Å²) in [5.41, 5.74) is 4.43. The molecule has 27 heavy (non-hydrogen) atoms. The first-order valence-electron chi connectivity index (χ1n) is 9.58. The van der Waals surface area contributed by atoms with Crippen molar-refractivity contribution in [2.75, 3.05) is 25.5 Å². The third-order valence-corrected chi connectivity index (χ3v) is 5.61. The number of aliphatic imine (C=N–C) groups is 1. The summed E-state index contributed by atoms with van der Waals surface area (Å²) in [5.74, 6) is 0.218. The minimum Gasteiger partial charge on any atom is -0.366 e. The number of ketones is 1. The van der Waals surface area contributed by atoms with Gasteiger partial charge in [0.1, 0.15) is 5.54 Å². The molecule has 0 unspecified atom stereocenters. The van der Waals surface area contributed by atoms with Crippen LogP contribution >= 0.6 is 0 Å². The summed E-state index contributed by atoms with van der Waals surface area (Å²) in [4.78, 5) is 22.2. The molecule has 1 fully saturated rings. The second-order valence-electron chi connectivity index (χ2n) is 7.53. The molecule has 0 atom stereocenters. The average Bonchev–Trinajstić information content (AvgIpc) is 3.49. The maximum atomic E-state index is 13.5. The van der Waals surface area contributed by atoms with Gasteiger partial charge in [-0.05, 0) is 69.0 Å². The van der Waals surface area contributed by atoms with Crippen LogP contribution in [0.15, 0.2) is 47.5 Å². The molecule has 1 aliphatic rings. The summed E-state index contributed by atoms with van der Waals surface area (Å²) in [7, 11) is 4.03. The van der Waals surface area contributed by atoms with Crippen LogP contribution < -0.4 is 4.90 Å². The maximum absolute atomic E-state index is 13.5. The first-order valence-corrected chi connectivity index (χ1v) is 9.58. The third kappa shape index (κ3) is 3.75. The number of nitrogens with zero attached hydrogens (tertiary/aromatic N) is 3. The van der Waals surface area contributed by atoms with Gasteiger partial charge in [-0.3, -0.25) is 4.79 Å². The Labute approximate surface area is 162 Å².